The lowest BCUT2D eigenvalue weighted by Crippen LogP contribution is -2.63. The minimum Gasteiger partial charge on any atom is -0.464 e. The summed E-state index contributed by atoms with van der Waals surface area (Å²) in [5, 5.41) is 0. The first-order chi connectivity index (χ1) is 15.6. The molecule has 0 unspecified atom stereocenters. The average Bonchev–Trinajstić information content (AvgIpc) is 2.85. The number of likely N-dealkylation sites (tertiary alicyclic amines) is 1. The Hall–Kier alpha value is -2.73. The number of ether oxygens (including phenoxy) is 1. The Labute approximate surface area is 190 Å². The topological polar surface area (TPSA) is 49.9 Å². The van der Waals surface area contributed by atoms with Crippen LogP contribution in [0.1, 0.15) is 38.2 Å². The van der Waals surface area contributed by atoms with Gasteiger partial charge in [-0.2, -0.15) is 0 Å². The smallest absolute Gasteiger partial charge is 0.332 e. The molecule has 0 N–H and O–H groups in total. The molecule has 0 bridgehead atoms. The van der Waals surface area contributed by atoms with Crippen molar-refractivity contribution in [1.29, 1.82) is 0 Å². The Morgan fingerprint density at radius 1 is 1.03 bits per heavy atom. The van der Waals surface area contributed by atoms with Gasteiger partial charge in [0, 0.05) is 38.2 Å². The standard InChI is InChI=1S/C26H33FN2O3/c1-2-24(30)29(23-12-7-4-8-13-23)26(25(31)32-21-9-17-27)15-19-28(20-16-26)18-14-22-10-5-3-6-11-22/h3-8,10-13H,2,9,14-21H2,1H3. The van der Waals surface area contributed by atoms with Gasteiger partial charge in [0.25, 0.3) is 0 Å². The number of piperidine rings is 1. The van der Waals surface area contributed by atoms with Crippen molar-refractivity contribution in [3.63, 3.8) is 0 Å². The number of alkyl halides is 1. The van der Waals surface area contributed by atoms with E-state index in [0.717, 1.165) is 13.0 Å². The zero-order chi connectivity index (χ0) is 22.8. The number of esters is 1. The SMILES string of the molecule is CCC(=O)N(c1ccccc1)C1(C(=O)OCCCF)CCN(CCc2ccccc2)CC1. The molecule has 1 aliphatic heterocycles. The Bertz CT molecular complexity index is 852. The van der Waals surface area contributed by atoms with E-state index in [1.54, 1.807) is 11.8 Å². The zero-order valence-electron chi connectivity index (χ0n) is 18.8. The summed E-state index contributed by atoms with van der Waals surface area (Å²) in [6, 6.07) is 19.6. The van der Waals surface area contributed by atoms with Crippen molar-refractivity contribution in [3.8, 4) is 0 Å². The summed E-state index contributed by atoms with van der Waals surface area (Å²) in [6.07, 6.45) is 2.35. The van der Waals surface area contributed by atoms with Crippen LogP contribution in [0.2, 0.25) is 0 Å². The second-order valence-electron chi connectivity index (χ2n) is 8.21. The van der Waals surface area contributed by atoms with Crippen molar-refractivity contribution in [2.24, 2.45) is 0 Å². The summed E-state index contributed by atoms with van der Waals surface area (Å²) in [4.78, 5) is 30.4. The number of hydrogen-bond donors (Lipinski definition) is 0. The summed E-state index contributed by atoms with van der Waals surface area (Å²) in [5.41, 5.74) is 0.898. The molecule has 2 aromatic carbocycles. The molecule has 0 saturated carbocycles. The van der Waals surface area contributed by atoms with Gasteiger partial charge in [0.05, 0.1) is 13.3 Å². The highest BCUT2D eigenvalue weighted by molar-refractivity contribution is 6.02. The van der Waals surface area contributed by atoms with Crippen LogP contribution in [0.25, 0.3) is 0 Å². The van der Waals surface area contributed by atoms with Crippen molar-refractivity contribution in [1.82, 2.24) is 4.90 Å². The number of rotatable bonds is 10. The first-order valence-electron chi connectivity index (χ1n) is 11.5. The molecular weight excluding hydrogens is 407 g/mol. The van der Waals surface area contributed by atoms with Crippen LogP contribution in [0.5, 0.6) is 0 Å². The molecule has 32 heavy (non-hydrogen) atoms. The van der Waals surface area contributed by atoms with Crippen LogP contribution in [0.15, 0.2) is 60.7 Å². The number of halogens is 1. The Morgan fingerprint density at radius 2 is 1.66 bits per heavy atom. The molecule has 5 nitrogen and oxygen atoms in total. The number of carbonyl (C=O) groups is 2. The molecule has 3 rings (SSSR count). The summed E-state index contributed by atoms with van der Waals surface area (Å²) in [6.45, 7) is 3.55. The number of anilines is 1. The van der Waals surface area contributed by atoms with E-state index in [1.807, 2.05) is 48.5 Å². The van der Waals surface area contributed by atoms with Crippen molar-refractivity contribution in [2.45, 2.75) is 44.6 Å². The summed E-state index contributed by atoms with van der Waals surface area (Å²) < 4.78 is 18.1. The normalized spacial score (nSPS) is 15.8. The van der Waals surface area contributed by atoms with Crippen molar-refractivity contribution in [3.05, 3.63) is 66.2 Å². The van der Waals surface area contributed by atoms with Gasteiger partial charge in [0.1, 0.15) is 5.54 Å². The summed E-state index contributed by atoms with van der Waals surface area (Å²) in [5.74, 6) is -0.546. The maximum Gasteiger partial charge on any atom is 0.332 e. The number of benzene rings is 2. The molecule has 1 fully saturated rings. The van der Waals surface area contributed by atoms with E-state index in [0.29, 0.717) is 31.6 Å². The molecule has 1 aliphatic rings. The number of nitrogens with zero attached hydrogens (tertiary/aromatic N) is 2. The fourth-order valence-electron chi connectivity index (χ4n) is 4.32. The van der Waals surface area contributed by atoms with E-state index >= 15 is 0 Å². The van der Waals surface area contributed by atoms with Crippen molar-refractivity contribution < 1.29 is 18.7 Å². The fourth-order valence-corrected chi connectivity index (χ4v) is 4.32. The van der Waals surface area contributed by atoms with Gasteiger partial charge in [-0.15, -0.1) is 0 Å². The van der Waals surface area contributed by atoms with Crippen LogP contribution in [0.3, 0.4) is 0 Å². The third-order valence-corrected chi connectivity index (χ3v) is 6.13. The Balaban J connectivity index is 1.80. The predicted molar refractivity (Wildman–Crippen MR) is 124 cm³/mol. The quantitative estimate of drug-likeness (QED) is 0.406. The molecule has 1 saturated heterocycles. The molecule has 6 heteroatoms. The molecule has 172 valence electrons. The lowest BCUT2D eigenvalue weighted by molar-refractivity contribution is -0.154. The first kappa shape index (κ1) is 23.9. The number of para-hydroxylation sites is 1. The Morgan fingerprint density at radius 3 is 2.25 bits per heavy atom. The lowest BCUT2D eigenvalue weighted by atomic mass is 9.84. The van der Waals surface area contributed by atoms with Crippen molar-refractivity contribution in [2.75, 3.05) is 37.8 Å². The van der Waals surface area contributed by atoms with E-state index in [1.165, 1.54) is 5.56 Å². The van der Waals surface area contributed by atoms with Crippen LogP contribution in [-0.4, -0.2) is 55.2 Å². The summed E-state index contributed by atoms with van der Waals surface area (Å²) >= 11 is 0. The minimum atomic E-state index is -1.08. The molecule has 2 aromatic rings. The highest BCUT2D eigenvalue weighted by Crippen LogP contribution is 2.35. The van der Waals surface area contributed by atoms with Crippen LogP contribution in [0.4, 0.5) is 10.1 Å². The van der Waals surface area contributed by atoms with Gasteiger partial charge >= 0.3 is 5.97 Å². The van der Waals surface area contributed by atoms with Crippen molar-refractivity contribution >= 4 is 17.6 Å². The second kappa shape index (κ2) is 11.8. The van der Waals surface area contributed by atoms with E-state index < -0.39 is 18.2 Å². The summed E-state index contributed by atoms with van der Waals surface area (Å²) in [7, 11) is 0. The highest BCUT2D eigenvalue weighted by atomic mass is 19.1. The Kier molecular flexibility index (Phi) is 8.80. The van der Waals surface area contributed by atoms with Gasteiger partial charge in [0.15, 0.2) is 0 Å². The van der Waals surface area contributed by atoms with Gasteiger partial charge < -0.3 is 9.64 Å². The largest absolute Gasteiger partial charge is 0.464 e. The molecule has 1 amide bonds. The average molecular weight is 441 g/mol. The van der Waals surface area contributed by atoms with E-state index in [4.69, 9.17) is 4.74 Å². The molecule has 0 atom stereocenters. The molecule has 0 aromatic heterocycles. The molecule has 0 aliphatic carbocycles. The monoisotopic (exact) mass is 440 g/mol. The third kappa shape index (κ3) is 5.74. The van der Waals surface area contributed by atoms with Gasteiger partial charge in [-0.1, -0.05) is 55.5 Å². The van der Waals surface area contributed by atoms with Gasteiger partial charge in [-0.25, -0.2) is 4.79 Å². The zero-order valence-corrected chi connectivity index (χ0v) is 18.8. The highest BCUT2D eigenvalue weighted by Gasteiger charge is 2.50. The molecular formula is C26H33FN2O3. The van der Waals surface area contributed by atoms with Gasteiger partial charge in [-0.3, -0.25) is 14.1 Å². The second-order valence-corrected chi connectivity index (χ2v) is 8.21. The lowest BCUT2D eigenvalue weighted by Gasteiger charge is -2.46. The number of amides is 1. The van der Waals surface area contributed by atoms with E-state index in [9.17, 15) is 14.0 Å². The maximum absolute atomic E-state index is 13.4. The minimum absolute atomic E-state index is 0.0255. The molecule has 0 spiro atoms. The van der Waals surface area contributed by atoms with Gasteiger partial charge in [-0.05, 0) is 37.0 Å². The molecule has 1 heterocycles. The van der Waals surface area contributed by atoms with E-state index in [-0.39, 0.29) is 25.4 Å². The predicted octanol–water partition coefficient (Wildman–Crippen LogP) is 4.41. The van der Waals surface area contributed by atoms with Crippen LogP contribution in [-0.2, 0) is 20.7 Å². The number of hydrogen-bond acceptors (Lipinski definition) is 4. The molecule has 0 radical (unpaired) electrons. The first-order valence-corrected chi connectivity index (χ1v) is 11.5. The fraction of sp³-hybridized carbons (Fsp3) is 0.462. The van der Waals surface area contributed by atoms with Gasteiger partial charge in [0.2, 0.25) is 5.91 Å². The van der Waals surface area contributed by atoms with E-state index in [2.05, 4.69) is 17.0 Å². The maximum atomic E-state index is 13.4. The number of carbonyl (C=O) groups excluding carboxylic acids is 2. The third-order valence-electron chi connectivity index (χ3n) is 6.13. The van der Waals surface area contributed by atoms with Crippen LogP contribution < -0.4 is 4.90 Å². The van der Waals surface area contributed by atoms with Crippen LogP contribution in [0, 0.1) is 0 Å². The van der Waals surface area contributed by atoms with Crippen LogP contribution >= 0.6 is 0 Å².